The molecule has 1 spiro atoms. The largest absolute Gasteiger partial charge is 0.416 e. The van der Waals surface area contributed by atoms with Crippen molar-refractivity contribution in [3.8, 4) is 11.5 Å². The van der Waals surface area contributed by atoms with E-state index in [1.54, 1.807) is 30.1 Å². The van der Waals surface area contributed by atoms with Gasteiger partial charge in [0.15, 0.2) is 11.0 Å². The molecule has 2 aromatic heterocycles. The smallest absolute Gasteiger partial charge is 0.304 e. The van der Waals surface area contributed by atoms with E-state index in [1.807, 2.05) is 30.7 Å². The van der Waals surface area contributed by atoms with Crippen molar-refractivity contribution in [2.75, 3.05) is 25.4 Å². The Morgan fingerprint density at radius 1 is 1.11 bits per heavy atom. The van der Waals surface area contributed by atoms with E-state index >= 15 is 0 Å². The Hall–Kier alpha value is -1.81. The van der Waals surface area contributed by atoms with Crippen LogP contribution in [0.15, 0.2) is 47.8 Å². The lowest BCUT2D eigenvalue weighted by Crippen LogP contribution is -2.23. The minimum Gasteiger partial charge on any atom is -0.304 e. The third-order valence-corrected chi connectivity index (χ3v) is 8.31. The molecular weight excluding hydrogens is 530 g/mol. The maximum absolute atomic E-state index is 12.8. The third-order valence-electron chi connectivity index (χ3n) is 7.20. The van der Waals surface area contributed by atoms with Gasteiger partial charge in [0.05, 0.1) is 5.56 Å². The van der Waals surface area contributed by atoms with Crippen LogP contribution in [0.3, 0.4) is 0 Å². The van der Waals surface area contributed by atoms with Gasteiger partial charge in [0.2, 0.25) is 0 Å². The summed E-state index contributed by atoms with van der Waals surface area (Å²) in [6.45, 7) is 5.15. The monoisotopic (exact) mass is 559 g/mol. The van der Waals surface area contributed by atoms with E-state index in [2.05, 4.69) is 20.1 Å². The molecule has 0 amide bonds. The molecule has 0 unspecified atom stereocenters. The van der Waals surface area contributed by atoms with Crippen molar-refractivity contribution in [1.29, 1.82) is 0 Å². The fourth-order valence-electron chi connectivity index (χ4n) is 5.17. The van der Waals surface area contributed by atoms with Gasteiger partial charge in [-0.2, -0.15) is 13.2 Å². The Morgan fingerprint density at radius 3 is 2.56 bits per heavy atom. The van der Waals surface area contributed by atoms with Gasteiger partial charge in [-0.1, -0.05) is 30.0 Å². The maximum Gasteiger partial charge on any atom is 0.416 e. The molecule has 2 fully saturated rings. The molecule has 1 aromatic carbocycles. The van der Waals surface area contributed by atoms with Crippen molar-refractivity contribution in [2.24, 2.45) is 12.5 Å². The van der Waals surface area contributed by atoms with Crippen LogP contribution in [0, 0.1) is 12.3 Å². The molecule has 36 heavy (non-hydrogen) atoms. The number of halogens is 5. The molecule has 1 aliphatic carbocycles. The van der Waals surface area contributed by atoms with Crippen molar-refractivity contribution in [2.45, 2.75) is 43.4 Å². The average molecular weight is 561 g/mol. The summed E-state index contributed by atoms with van der Waals surface area (Å²) in [7, 11) is 1.98. The topological polar surface area (TPSA) is 46.8 Å². The number of nitrogens with zero attached hydrogens (tertiary/aromatic N) is 5. The third kappa shape index (κ3) is 5.85. The first-order chi connectivity index (χ1) is 16.3. The lowest BCUT2D eigenvalue weighted by atomic mass is 9.97. The van der Waals surface area contributed by atoms with Crippen LogP contribution in [0.4, 0.5) is 13.2 Å². The number of thioether (sulfide) groups is 1. The molecule has 196 valence electrons. The number of rotatable bonds is 7. The zero-order chi connectivity index (χ0) is 23.9. The number of benzene rings is 1. The molecule has 1 aliphatic heterocycles. The molecule has 11 heteroatoms. The molecule has 0 bridgehead atoms. The lowest BCUT2D eigenvalue weighted by molar-refractivity contribution is -0.137. The predicted molar refractivity (Wildman–Crippen MR) is 141 cm³/mol. The van der Waals surface area contributed by atoms with E-state index in [4.69, 9.17) is 0 Å². The maximum atomic E-state index is 12.8. The molecule has 2 atom stereocenters. The fraction of sp³-hybridized carbons (Fsp3) is 0.480. The average Bonchev–Trinajstić information content (AvgIpc) is 3.16. The minimum absolute atomic E-state index is 0. The van der Waals surface area contributed by atoms with Crippen LogP contribution in [0.5, 0.6) is 0 Å². The van der Waals surface area contributed by atoms with Crippen LogP contribution in [-0.2, 0) is 13.2 Å². The van der Waals surface area contributed by atoms with Gasteiger partial charge in [-0.3, -0.25) is 4.98 Å². The fourth-order valence-corrected chi connectivity index (χ4v) is 6.00. The van der Waals surface area contributed by atoms with E-state index in [0.717, 1.165) is 72.5 Å². The summed E-state index contributed by atoms with van der Waals surface area (Å²) >= 11 is 1.71. The first-order valence-electron chi connectivity index (χ1n) is 11.6. The molecule has 3 aromatic rings. The van der Waals surface area contributed by atoms with Gasteiger partial charge in [-0.15, -0.1) is 35.0 Å². The zero-order valence-corrected chi connectivity index (χ0v) is 22.6. The Labute approximate surface area is 226 Å². The van der Waals surface area contributed by atoms with Crippen LogP contribution in [0.1, 0.15) is 41.9 Å². The van der Waals surface area contributed by atoms with Gasteiger partial charge in [-0.25, -0.2) is 0 Å². The standard InChI is InChI=1S/C25H28F3N5S.2ClH/c1-17-5-3-11-29-21(17)22-30-31-23(32(22)2)34-14-4-12-33-13-10-24(16-33)15-20(24)18-6-8-19(9-7-18)25(26,27)28;;/h3,5-9,11,20H,4,10,12-16H2,1-2H3;2*1H/t20-,24+;;/m1../s1. The lowest BCUT2D eigenvalue weighted by Gasteiger charge is -2.16. The van der Waals surface area contributed by atoms with Crippen molar-refractivity contribution in [1.82, 2.24) is 24.6 Å². The second-order valence-corrected chi connectivity index (χ2v) is 10.6. The number of alkyl halides is 3. The Balaban J connectivity index is 0.00000180. The molecule has 5 nitrogen and oxygen atoms in total. The van der Waals surface area contributed by atoms with Crippen molar-refractivity contribution in [3.63, 3.8) is 0 Å². The highest BCUT2D eigenvalue weighted by atomic mass is 35.5. The number of hydrogen-bond donors (Lipinski definition) is 0. The van der Waals surface area contributed by atoms with Crippen molar-refractivity contribution < 1.29 is 13.2 Å². The SMILES string of the molecule is Cc1cccnc1-c1nnc(SCCCN2CC[C@]3(C[C@@H]3c3ccc(C(F)(F)F)cc3)C2)n1C.Cl.Cl. The van der Waals surface area contributed by atoms with E-state index in [9.17, 15) is 13.2 Å². The van der Waals surface area contributed by atoms with Crippen molar-refractivity contribution >= 4 is 36.6 Å². The van der Waals surface area contributed by atoms with E-state index in [0.29, 0.717) is 5.92 Å². The second-order valence-electron chi connectivity index (χ2n) is 9.50. The van der Waals surface area contributed by atoms with Crippen LogP contribution in [-0.4, -0.2) is 50.0 Å². The Bertz CT molecular complexity index is 1170. The number of hydrogen-bond acceptors (Lipinski definition) is 5. The summed E-state index contributed by atoms with van der Waals surface area (Å²) in [6.07, 6.45) is 0.761. The minimum atomic E-state index is -4.27. The quantitative estimate of drug-likeness (QED) is 0.247. The highest BCUT2D eigenvalue weighted by Gasteiger charge is 2.57. The van der Waals surface area contributed by atoms with Crippen LogP contribution in [0.25, 0.3) is 11.5 Å². The van der Waals surface area contributed by atoms with E-state index < -0.39 is 11.7 Å². The molecule has 0 N–H and O–H groups in total. The summed E-state index contributed by atoms with van der Waals surface area (Å²) < 4.78 is 40.5. The molecule has 1 saturated heterocycles. The number of pyridine rings is 1. The highest BCUT2D eigenvalue weighted by molar-refractivity contribution is 7.99. The summed E-state index contributed by atoms with van der Waals surface area (Å²) in [6, 6.07) is 9.72. The number of likely N-dealkylation sites (tertiary alicyclic amines) is 1. The van der Waals surface area contributed by atoms with Gasteiger partial charge >= 0.3 is 6.18 Å². The molecule has 3 heterocycles. The van der Waals surface area contributed by atoms with Gasteiger partial charge in [0.25, 0.3) is 0 Å². The van der Waals surface area contributed by atoms with Gasteiger partial charge in [0.1, 0.15) is 5.69 Å². The molecule has 5 rings (SSSR count). The number of aryl methyl sites for hydroxylation is 1. The predicted octanol–water partition coefficient (Wildman–Crippen LogP) is 6.41. The summed E-state index contributed by atoms with van der Waals surface area (Å²) in [5.41, 5.74) is 2.67. The first-order valence-corrected chi connectivity index (χ1v) is 12.6. The van der Waals surface area contributed by atoms with Crippen molar-refractivity contribution in [3.05, 3.63) is 59.3 Å². The zero-order valence-electron chi connectivity index (χ0n) is 20.2. The normalized spacial score (nSPS) is 21.3. The van der Waals surface area contributed by atoms with Crippen LogP contribution in [0.2, 0.25) is 0 Å². The van der Waals surface area contributed by atoms with E-state index in [1.165, 1.54) is 12.1 Å². The Kier molecular flexibility index (Phi) is 9.02. The van der Waals surface area contributed by atoms with E-state index in [-0.39, 0.29) is 30.2 Å². The van der Waals surface area contributed by atoms with Gasteiger partial charge in [-0.05, 0) is 79.9 Å². The summed E-state index contributed by atoms with van der Waals surface area (Å²) in [4.78, 5) is 6.95. The molecular formula is C25H30Cl2F3N5S. The molecule has 1 saturated carbocycles. The van der Waals surface area contributed by atoms with Crippen LogP contribution >= 0.6 is 36.6 Å². The van der Waals surface area contributed by atoms with Gasteiger partial charge in [0, 0.05) is 25.5 Å². The number of aromatic nitrogens is 4. The molecule has 2 aliphatic rings. The van der Waals surface area contributed by atoms with Gasteiger partial charge < -0.3 is 9.47 Å². The summed E-state index contributed by atoms with van der Waals surface area (Å²) in [5.74, 6) is 2.13. The second kappa shape index (κ2) is 11.3. The summed E-state index contributed by atoms with van der Waals surface area (Å²) in [5, 5.41) is 9.59. The van der Waals surface area contributed by atoms with Crippen LogP contribution < -0.4 is 0 Å². The Morgan fingerprint density at radius 2 is 1.86 bits per heavy atom. The highest BCUT2D eigenvalue weighted by Crippen LogP contribution is 2.64. The first kappa shape index (κ1) is 28.8. The molecule has 0 radical (unpaired) electrons.